The highest BCUT2D eigenvalue weighted by Gasteiger charge is 2.37. The molecule has 1 saturated carbocycles. The summed E-state index contributed by atoms with van der Waals surface area (Å²) < 4.78 is 31.4. The molecule has 1 fully saturated rings. The van der Waals surface area contributed by atoms with Gasteiger partial charge in [0.1, 0.15) is 5.00 Å². The Labute approximate surface area is 117 Å². The second-order valence-corrected chi connectivity index (χ2v) is 7.74. The zero-order valence-electron chi connectivity index (χ0n) is 11.1. The van der Waals surface area contributed by atoms with E-state index in [1.165, 1.54) is 11.3 Å². The Kier molecular flexibility index (Phi) is 3.87. The molecule has 1 aliphatic rings. The molecule has 0 radical (unpaired) electrons. The number of rotatable bonds is 5. The molecule has 0 bridgehead atoms. The van der Waals surface area contributed by atoms with Gasteiger partial charge < -0.3 is 4.74 Å². The van der Waals surface area contributed by atoms with Crippen LogP contribution >= 0.6 is 11.3 Å². The number of aryl methyl sites for hydroxylation is 1. The SMILES string of the molecule is CCOC(=O)c1c(NS(=O)(=O)C2CC2)sc(C)c1C. The Hall–Kier alpha value is -1.08. The van der Waals surface area contributed by atoms with E-state index in [0.717, 1.165) is 10.4 Å². The average molecular weight is 303 g/mol. The van der Waals surface area contributed by atoms with E-state index in [-0.39, 0.29) is 11.9 Å². The quantitative estimate of drug-likeness (QED) is 0.848. The second-order valence-electron chi connectivity index (χ2n) is 4.55. The number of hydrogen-bond acceptors (Lipinski definition) is 5. The summed E-state index contributed by atoms with van der Waals surface area (Å²) in [5.74, 6) is -0.474. The first-order valence-corrected chi connectivity index (χ1v) is 8.51. The number of thiophene rings is 1. The molecule has 0 aliphatic heterocycles. The first-order chi connectivity index (χ1) is 8.86. The van der Waals surface area contributed by atoms with Gasteiger partial charge in [0.05, 0.1) is 17.4 Å². The first kappa shape index (κ1) is 14.3. The number of esters is 1. The predicted octanol–water partition coefficient (Wildman–Crippen LogP) is 2.45. The Bertz CT molecular complexity index is 599. The molecule has 1 heterocycles. The monoisotopic (exact) mass is 303 g/mol. The van der Waals surface area contributed by atoms with Crippen LogP contribution in [0.3, 0.4) is 0 Å². The lowest BCUT2D eigenvalue weighted by Crippen LogP contribution is -2.18. The van der Waals surface area contributed by atoms with Gasteiger partial charge in [-0.05, 0) is 39.2 Å². The van der Waals surface area contributed by atoms with Crippen molar-refractivity contribution in [3.05, 3.63) is 16.0 Å². The van der Waals surface area contributed by atoms with Gasteiger partial charge in [-0.25, -0.2) is 13.2 Å². The molecule has 1 aromatic heterocycles. The van der Waals surface area contributed by atoms with Crippen LogP contribution in [0, 0.1) is 13.8 Å². The Morgan fingerprint density at radius 1 is 1.42 bits per heavy atom. The average Bonchev–Trinajstić information content (AvgIpc) is 3.09. The fourth-order valence-electron chi connectivity index (χ4n) is 1.74. The van der Waals surface area contributed by atoms with Crippen LogP contribution in [0.4, 0.5) is 5.00 Å². The number of anilines is 1. The minimum atomic E-state index is -3.36. The fraction of sp³-hybridized carbons (Fsp3) is 0.583. The van der Waals surface area contributed by atoms with Crippen LogP contribution in [0.25, 0.3) is 0 Å². The summed E-state index contributed by atoms with van der Waals surface area (Å²) in [5.41, 5.74) is 1.12. The van der Waals surface area contributed by atoms with Crippen LogP contribution in [0.15, 0.2) is 0 Å². The van der Waals surface area contributed by atoms with E-state index < -0.39 is 16.0 Å². The van der Waals surface area contributed by atoms with Gasteiger partial charge in [0.15, 0.2) is 0 Å². The summed E-state index contributed by atoms with van der Waals surface area (Å²) in [6.07, 6.45) is 1.38. The number of ether oxygens (including phenoxy) is 1. The van der Waals surface area contributed by atoms with Crippen LogP contribution < -0.4 is 4.72 Å². The molecule has 1 N–H and O–H groups in total. The van der Waals surface area contributed by atoms with Crippen molar-refractivity contribution in [3.8, 4) is 0 Å². The highest BCUT2D eigenvalue weighted by atomic mass is 32.2. The van der Waals surface area contributed by atoms with E-state index in [4.69, 9.17) is 4.74 Å². The number of nitrogens with one attached hydrogen (secondary N) is 1. The van der Waals surface area contributed by atoms with Gasteiger partial charge in [-0.15, -0.1) is 11.3 Å². The van der Waals surface area contributed by atoms with Crippen LogP contribution in [-0.2, 0) is 14.8 Å². The van der Waals surface area contributed by atoms with Crippen molar-refractivity contribution in [1.29, 1.82) is 0 Å². The maximum atomic E-state index is 12.0. The minimum Gasteiger partial charge on any atom is -0.462 e. The van der Waals surface area contributed by atoms with Crippen molar-refractivity contribution in [1.82, 2.24) is 0 Å². The zero-order chi connectivity index (χ0) is 14.2. The molecule has 1 aliphatic carbocycles. The Morgan fingerprint density at radius 3 is 2.58 bits per heavy atom. The molecule has 0 saturated heterocycles. The first-order valence-electron chi connectivity index (χ1n) is 6.15. The highest BCUT2D eigenvalue weighted by molar-refractivity contribution is 7.93. The number of carbonyl (C=O) groups is 1. The number of carbonyl (C=O) groups excluding carboxylic acids is 1. The highest BCUT2D eigenvalue weighted by Crippen LogP contribution is 2.36. The van der Waals surface area contributed by atoms with Crippen LogP contribution in [0.5, 0.6) is 0 Å². The van der Waals surface area contributed by atoms with Gasteiger partial charge in [-0.1, -0.05) is 0 Å². The van der Waals surface area contributed by atoms with E-state index in [2.05, 4.69) is 4.72 Å². The van der Waals surface area contributed by atoms with Crippen molar-refractivity contribution >= 4 is 32.3 Å². The minimum absolute atomic E-state index is 0.266. The molecular weight excluding hydrogens is 286 g/mol. The van der Waals surface area contributed by atoms with E-state index in [1.807, 2.05) is 6.92 Å². The van der Waals surface area contributed by atoms with Crippen LogP contribution in [-0.4, -0.2) is 26.2 Å². The van der Waals surface area contributed by atoms with Crippen molar-refractivity contribution in [2.75, 3.05) is 11.3 Å². The third kappa shape index (κ3) is 2.92. The third-order valence-corrected chi connectivity index (χ3v) is 6.15. The maximum Gasteiger partial charge on any atom is 0.341 e. The molecule has 0 unspecified atom stereocenters. The third-order valence-electron chi connectivity index (χ3n) is 3.06. The van der Waals surface area contributed by atoms with Crippen molar-refractivity contribution < 1.29 is 17.9 Å². The lowest BCUT2D eigenvalue weighted by atomic mass is 10.2. The predicted molar refractivity (Wildman–Crippen MR) is 75.3 cm³/mol. The van der Waals surface area contributed by atoms with Gasteiger partial charge in [0.2, 0.25) is 10.0 Å². The molecule has 106 valence electrons. The van der Waals surface area contributed by atoms with E-state index in [1.54, 1.807) is 13.8 Å². The summed E-state index contributed by atoms with van der Waals surface area (Å²) in [6, 6.07) is 0. The molecule has 5 nitrogen and oxygen atoms in total. The summed E-state index contributed by atoms with van der Waals surface area (Å²) in [6.45, 7) is 5.65. The lowest BCUT2D eigenvalue weighted by Gasteiger charge is -2.08. The van der Waals surface area contributed by atoms with Gasteiger partial charge in [0.25, 0.3) is 0 Å². The summed E-state index contributed by atoms with van der Waals surface area (Å²) in [7, 11) is -3.36. The van der Waals surface area contributed by atoms with Gasteiger partial charge in [-0.3, -0.25) is 4.72 Å². The van der Waals surface area contributed by atoms with Crippen LogP contribution in [0.1, 0.15) is 40.6 Å². The van der Waals surface area contributed by atoms with Gasteiger partial charge >= 0.3 is 5.97 Å². The number of hydrogen-bond donors (Lipinski definition) is 1. The molecule has 0 spiro atoms. The largest absolute Gasteiger partial charge is 0.462 e. The van der Waals surface area contributed by atoms with E-state index in [0.29, 0.717) is 23.4 Å². The van der Waals surface area contributed by atoms with Crippen molar-refractivity contribution in [2.24, 2.45) is 0 Å². The van der Waals surface area contributed by atoms with Gasteiger partial charge in [0, 0.05) is 4.88 Å². The van der Waals surface area contributed by atoms with Crippen molar-refractivity contribution in [3.63, 3.8) is 0 Å². The smallest absolute Gasteiger partial charge is 0.341 e. The molecular formula is C12H17NO4S2. The molecule has 1 aromatic rings. The summed E-state index contributed by atoms with van der Waals surface area (Å²) in [5, 5.41) is 0.0607. The second kappa shape index (κ2) is 5.13. The summed E-state index contributed by atoms with van der Waals surface area (Å²) >= 11 is 1.28. The topological polar surface area (TPSA) is 72.5 Å². The van der Waals surface area contributed by atoms with Gasteiger partial charge in [-0.2, -0.15) is 0 Å². The zero-order valence-corrected chi connectivity index (χ0v) is 12.8. The summed E-state index contributed by atoms with van der Waals surface area (Å²) in [4.78, 5) is 12.8. The molecule has 7 heteroatoms. The number of sulfonamides is 1. The molecule has 19 heavy (non-hydrogen) atoms. The fourth-order valence-corrected chi connectivity index (χ4v) is 4.44. The maximum absolute atomic E-state index is 12.0. The Balaban J connectivity index is 2.34. The Morgan fingerprint density at radius 2 is 2.05 bits per heavy atom. The molecule has 0 amide bonds. The van der Waals surface area contributed by atoms with Crippen molar-refractivity contribution in [2.45, 2.75) is 38.9 Å². The van der Waals surface area contributed by atoms with E-state index >= 15 is 0 Å². The standard InChI is InChI=1S/C12H17NO4S2/c1-4-17-12(14)10-7(2)8(3)18-11(10)13-19(15,16)9-5-6-9/h9,13H,4-6H2,1-3H3. The molecule has 0 aromatic carbocycles. The molecule has 0 atom stereocenters. The lowest BCUT2D eigenvalue weighted by molar-refractivity contribution is 0.0527. The normalized spacial score (nSPS) is 15.3. The van der Waals surface area contributed by atoms with E-state index in [9.17, 15) is 13.2 Å². The molecule has 2 rings (SSSR count). The van der Waals surface area contributed by atoms with Crippen LogP contribution in [0.2, 0.25) is 0 Å².